The number of carbonyl (C=O) groups excluding carboxylic acids is 5. The number of ether oxygens (including phenoxy) is 4. The van der Waals surface area contributed by atoms with Gasteiger partial charge in [-0.3, -0.25) is 29.3 Å². The number of benzene rings is 4. The van der Waals surface area contributed by atoms with E-state index in [4.69, 9.17) is 30.5 Å². The van der Waals surface area contributed by atoms with Gasteiger partial charge in [-0.25, -0.2) is 0 Å². The quantitative estimate of drug-likeness (QED) is 0.0377. The average Bonchev–Trinajstić information content (AvgIpc) is 3.62. The van der Waals surface area contributed by atoms with Crippen LogP contribution in [0.15, 0.2) is 103 Å². The third kappa shape index (κ3) is 12.6. The fourth-order valence-corrected chi connectivity index (χ4v) is 7.57. The first kappa shape index (κ1) is 45.7. The Kier molecular flexibility index (Phi) is 17.2. The zero-order chi connectivity index (χ0) is 43.7. The molecular formula is C48H53ClN4O9. The summed E-state index contributed by atoms with van der Waals surface area (Å²) in [6.45, 7) is 2.62. The van der Waals surface area contributed by atoms with Gasteiger partial charge in [0.1, 0.15) is 18.4 Å². The van der Waals surface area contributed by atoms with Gasteiger partial charge in [0.15, 0.2) is 0 Å². The van der Waals surface area contributed by atoms with E-state index in [2.05, 4.69) is 47.0 Å². The molecular weight excluding hydrogens is 812 g/mol. The van der Waals surface area contributed by atoms with Crippen LogP contribution < -0.4 is 15.4 Å². The number of imide groups is 1. The molecule has 0 aliphatic carbocycles. The Bertz CT molecular complexity index is 2180. The van der Waals surface area contributed by atoms with Crippen LogP contribution in [0.25, 0.3) is 11.1 Å². The lowest BCUT2D eigenvalue weighted by molar-refractivity contribution is -0.137. The van der Waals surface area contributed by atoms with Crippen molar-refractivity contribution in [3.8, 4) is 5.75 Å². The third-order valence-corrected chi connectivity index (χ3v) is 10.8. The maximum absolute atomic E-state index is 13.0. The van der Waals surface area contributed by atoms with Crippen LogP contribution >= 0.6 is 11.6 Å². The fourth-order valence-electron chi connectivity index (χ4n) is 7.38. The van der Waals surface area contributed by atoms with Crippen molar-refractivity contribution in [3.05, 3.63) is 131 Å². The van der Waals surface area contributed by atoms with Gasteiger partial charge in [0, 0.05) is 42.7 Å². The summed E-state index contributed by atoms with van der Waals surface area (Å²) in [7, 11) is 1.75. The zero-order valence-electron chi connectivity index (χ0n) is 34.9. The number of likely N-dealkylation sites (N-methyl/N-ethyl adjacent to an activating group) is 1. The molecule has 4 aromatic rings. The molecule has 13 nitrogen and oxygen atoms in total. The van der Waals surface area contributed by atoms with Crippen molar-refractivity contribution in [2.75, 3.05) is 71.0 Å². The minimum Gasteiger partial charge on any atom is -0.492 e. The number of alkyl halides is 1. The summed E-state index contributed by atoms with van der Waals surface area (Å²) in [4.78, 5) is 65.4. The Morgan fingerprint density at radius 2 is 1.37 bits per heavy atom. The van der Waals surface area contributed by atoms with Crippen molar-refractivity contribution in [1.29, 1.82) is 0 Å². The Balaban J connectivity index is 0.815. The highest BCUT2D eigenvalue weighted by atomic mass is 35.5. The van der Waals surface area contributed by atoms with E-state index in [-0.39, 0.29) is 75.7 Å². The molecule has 5 amide bonds. The highest BCUT2D eigenvalue weighted by Crippen LogP contribution is 2.36. The number of carbonyl (C=O) groups is 5. The number of fused-ring (bicyclic) bond motifs is 1. The first-order valence-electron chi connectivity index (χ1n) is 20.9. The van der Waals surface area contributed by atoms with Crippen molar-refractivity contribution in [1.82, 2.24) is 15.1 Å². The van der Waals surface area contributed by atoms with E-state index in [0.717, 1.165) is 28.7 Å². The smallest absolute Gasteiger partial charge is 0.255 e. The first-order valence-corrected chi connectivity index (χ1v) is 21.4. The SMILES string of the molecule is CN(CCOc1ccc(C(=C(CCCl)c2ccccc2)c2ccccc2)cc1)C(=O)CCOCCOCCOCCC(=O)Nc1cccc2c1CN(C1CCC(=O)NC1=O)C2=O. The van der Waals surface area contributed by atoms with E-state index in [9.17, 15) is 24.0 Å². The summed E-state index contributed by atoms with van der Waals surface area (Å²) >= 11 is 6.30. The summed E-state index contributed by atoms with van der Waals surface area (Å²) in [6.07, 6.45) is 1.48. The minimum absolute atomic E-state index is 0.0491. The largest absolute Gasteiger partial charge is 0.492 e. The van der Waals surface area contributed by atoms with Gasteiger partial charge in [0.05, 0.1) is 59.0 Å². The van der Waals surface area contributed by atoms with Crippen LogP contribution in [0.3, 0.4) is 0 Å². The van der Waals surface area contributed by atoms with Crippen molar-refractivity contribution < 1.29 is 42.9 Å². The predicted octanol–water partition coefficient (Wildman–Crippen LogP) is 6.34. The van der Waals surface area contributed by atoms with Crippen molar-refractivity contribution >= 4 is 58.0 Å². The Labute approximate surface area is 367 Å². The highest BCUT2D eigenvalue weighted by molar-refractivity contribution is 6.18. The molecule has 1 saturated heterocycles. The van der Waals surface area contributed by atoms with Crippen LogP contribution in [0.1, 0.15) is 64.7 Å². The molecule has 62 heavy (non-hydrogen) atoms. The lowest BCUT2D eigenvalue weighted by Gasteiger charge is -2.29. The molecule has 0 saturated carbocycles. The van der Waals surface area contributed by atoms with Crippen LogP contribution in [0.4, 0.5) is 5.69 Å². The maximum atomic E-state index is 13.0. The van der Waals surface area contributed by atoms with Crippen molar-refractivity contribution in [2.45, 2.75) is 44.7 Å². The maximum Gasteiger partial charge on any atom is 0.255 e. The molecule has 6 rings (SSSR count). The molecule has 2 aliphatic heterocycles. The molecule has 14 heteroatoms. The van der Waals surface area contributed by atoms with Gasteiger partial charge in [-0.05, 0) is 64.9 Å². The molecule has 326 valence electrons. The van der Waals surface area contributed by atoms with Crippen LogP contribution in [0.5, 0.6) is 5.75 Å². The van der Waals surface area contributed by atoms with E-state index < -0.39 is 11.9 Å². The normalized spacial score (nSPS) is 15.2. The number of hydrogen-bond acceptors (Lipinski definition) is 9. The Morgan fingerprint density at radius 1 is 0.742 bits per heavy atom. The molecule has 2 aliphatic rings. The van der Waals surface area contributed by atoms with E-state index in [1.54, 1.807) is 30.1 Å². The number of halogens is 1. The van der Waals surface area contributed by atoms with E-state index in [0.29, 0.717) is 61.4 Å². The molecule has 0 radical (unpaired) electrons. The van der Waals surface area contributed by atoms with E-state index in [1.165, 1.54) is 10.5 Å². The van der Waals surface area contributed by atoms with Gasteiger partial charge in [0.2, 0.25) is 23.6 Å². The van der Waals surface area contributed by atoms with Gasteiger partial charge in [-0.2, -0.15) is 0 Å². The summed E-state index contributed by atoms with van der Waals surface area (Å²) in [5.41, 5.74) is 7.18. The summed E-state index contributed by atoms with van der Waals surface area (Å²) < 4.78 is 22.7. The highest BCUT2D eigenvalue weighted by Gasteiger charge is 2.40. The number of hydrogen-bond donors (Lipinski definition) is 2. The molecule has 1 fully saturated rings. The number of nitrogens with one attached hydrogen (secondary N) is 2. The number of amides is 5. The van der Waals surface area contributed by atoms with Crippen LogP contribution in [-0.2, 0) is 39.9 Å². The van der Waals surface area contributed by atoms with E-state index >= 15 is 0 Å². The summed E-state index contributed by atoms with van der Waals surface area (Å²) in [5, 5.41) is 5.14. The van der Waals surface area contributed by atoms with Gasteiger partial charge < -0.3 is 34.1 Å². The predicted molar refractivity (Wildman–Crippen MR) is 237 cm³/mol. The monoisotopic (exact) mass is 864 g/mol. The number of allylic oxidation sites excluding steroid dienone is 1. The molecule has 1 atom stereocenters. The Hall–Kier alpha value is -5.86. The van der Waals surface area contributed by atoms with Gasteiger partial charge in [-0.15, -0.1) is 11.6 Å². The minimum atomic E-state index is -0.732. The lowest BCUT2D eigenvalue weighted by Crippen LogP contribution is -2.52. The van der Waals surface area contributed by atoms with Gasteiger partial charge in [-0.1, -0.05) is 78.9 Å². The van der Waals surface area contributed by atoms with Crippen molar-refractivity contribution in [2.24, 2.45) is 0 Å². The van der Waals surface area contributed by atoms with E-state index in [1.807, 2.05) is 48.5 Å². The van der Waals surface area contributed by atoms with Crippen molar-refractivity contribution in [3.63, 3.8) is 0 Å². The number of piperidine rings is 1. The molecule has 4 aromatic carbocycles. The van der Waals surface area contributed by atoms with Crippen LogP contribution in [0, 0.1) is 0 Å². The molecule has 0 spiro atoms. The lowest BCUT2D eigenvalue weighted by atomic mass is 9.88. The van der Waals surface area contributed by atoms with Gasteiger partial charge in [0.25, 0.3) is 5.91 Å². The van der Waals surface area contributed by atoms with Crippen LogP contribution in [0.2, 0.25) is 0 Å². The molecule has 1 unspecified atom stereocenters. The second kappa shape index (κ2) is 23.4. The van der Waals surface area contributed by atoms with Crippen LogP contribution in [-0.4, -0.2) is 111 Å². The first-order chi connectivity index (χ1) is 30.2. The Morgan fingerprint density at radius 3 is 2.03 bits per heavy atom. The zero-order valence-corrected chi connectivity index (χ0v) is 35.7. The second-order valence-corrected chi connectivity index (χ2v) is 15.2. The molecule has 0 aromatic heterocycles. The average molecular weight is 865 g/mol. The molecule has 2 N–H and O–H groups in total. The second-order valence-electron chi connectivity index (χ2n) is 14.8. The molecule has 0 bridgehead atoms. The summed E-state index contributed by atoms with van der Waals surface area (Å²) in [5.74, 6) is -0.250. The standard InChI is InChI=1S/C48H53ClN4O9/c1-52(25-28-62-37-17-15-36(16-18-37)46(35-11-6-3-7-12-35)38(21-24-49)34-9-4-2-5-10-34)45(56)23-27-60-30-32-61-31-29-59-26-22-44(55)50-41-14-8-13-39-40(41)33-53(48(39)58)42-19-20-43(54)51-47(42)57/h2-18,42H,19-33H2,1H3,(H,50,55)(H,51,54,57). The summed E-state index contributed by atoms with van der Waals surface area (Å²) in [6, 6.07) is 33.0. The topological polar surface area (TPSA) is 153 Å². The van der Waals surface area contributed by atoms with Gasteiger partial charge >= 0.3 is 0 Å². The fraction of sp³-hybridized carbons (Fsp3) is 0.354. The molecule has 2 heterocycles. The number of nitrogens with zero attached hydrogens (tertiary/aromatic N) is 2. The number of rotatable bonds is 23. The number of anilines is 1. The third-order valence-electron chi connectivity index (χ3n) is 10.6.